The Balaban J connectivity index is 2.16. The third-order valence-corrected chi connectivity index (χ3v) is 5.25. The molecule has 0 saturated heterocycles. The summed E-state index contributed by atoms with van der Waals surface area (Å²) in [6.45, 7) is 2.01. The summed E-state index contributed by atoms with van der Waals surface area (Å²) in [4.78, 5) is 14.5. The topological polar surface area (TPSA) is 17.1 Å². The Morgan fingerprint density at radius 2 is 1.84 bits per heavy atom. The monoisotopic (exact) mass is 330 g/mol. The molecule has 3 aromatic rings. The van der Waals surface area contributed by atoms with E-state index in [1.54, 1.807) is 0 Å². The summed E-state index contributed by atoms with van der Waals surface area (Å²) in [5.74, 6) is 0.0931. The molecule has 1 nitrogen and oxygen atoms in total. The molecule has 0 radical (unpaired) electrons. The largest absolute Gasteiger partial charge is 0.288 e. The lowest BCUT2D eigenvalue weighted by atomic mass is 10.0. The number of hydrogen-bond acceptors (Lipinski definition) is 2. The van der Waals surface area contributed by atoms with Gasteiger partial charge in [-0.15, -0.1) is 11.3 Å². The first kappa shape index (κ1) is 12.6. The SMILES string of the molecule is Cc1sc(C(=O)c2cccc3ccccc23)cc1Br. The smallest absolute Gasteiger partial charge is 0.203 e. The van der Waals surface area contributed by atoms with Gasteiger partial charge in [-0.05, 0) is 39.7 Å². The first-order chi connectivity index (χ1) is 9.16. The number of ketones is 1. The molecule has 3 heteroatoms. The Morgan fingerprint density at radius 1 is 1.11 bits per heavy atom. The maximum atomic E-state index is 12.6. The summed E-state index contributed by atoms with van der Waals surface area (Å²) in [5, 5.41) is 2.11. The van der Waals surface area contributed by atoms with E-state index in [0.717, 1.165) is 30.6 Å². The van der Waals surface area contributed by atoms with Gasteiger partial charge < -0.3 is 0 Å². The fourth-order valence-corrected chi connectivity index (χ4v) is 3.62. The van der Waals surface area contributed by atoms with E-state index in [4.69, 9.17) is 0 Å². The molecule has 2 aromatic carbocycles. The lowest BCUT2D eigenvalue weighted by molar-refractivity contribution is 0.104. The second-order valence-electron chi connectivity index (χ2n) is 4.37. The summed E-state index contributed by atoms with van der Waals surface area (Å²) in [5.41, 5.74) is 0.770. The van der Waals surface area contributed by atoms with E-state index in [1.165, 1.54) is 11.3 Å². The van der Waals surface area contributed by atoms with Crippen LogP contribution in [0, 0.1) is 6.92 Å². The number of halogens is 1. The summed E-state index contributed by atoms with van der Waals surface area (Å²) < 4.78 is 1.00. The van der Waals surface area contributed by atoms with Crippen molar-refractivity contribution < 1.29 is 4.79 Å². The maximum absolute atomic E-state index is 12.6. The molecule has 19 heavy (non-hydrogen) atoms. The number of carbonyl (C=O) groups is 1. The number of hydrogen-bond donors (Lipinski definition) is 0. The zero-order valence-corrected chi connectivity index (χ0v) is 12.7. The van der Waals surface area contributed by atoms with Crippen molar-refractivity contribution >= 4 is 43.8 Å². The van der Waals surface area contributed by atoms with Crippen LogP contribution >= 0.6 is 27.3 Å². The molecule has 0 bridgehead atoms. The molecule has 3 rings (SSSR count). The van der Waals surface area contributed by atoms with E-state index in [2.05, 4.69) is 15.9 Å². The van der Waals surface area contributed by atoms with Crippen molar-refractivity contribution in [3.63, 3.8) is 0 Å². The van der Waals surface area contributed by atoms with Crippen molar-refractivity contribution in [2.45, 2.75) is 6.92 Å². The fourth-order valence-electron chi connectivity index (χ4n) is 2.13. The van der Waals surface area contributed by atoms with Gasteiger partial charge in [0.05, 0.1) is 4.88 Å². The highest BCUT2D eigenvalue weighted by Gasteiger charge is 2.15. The van der Waals surface area contributed by atoms with Crippen LogP contribution in [-0.4, -0.2) is 5.78 Å². The highest BCUT2D eigenvalue weighted by molar-refractivity contribution is 9.10. The highest BCUT2D eigenvalue weighted by atomic mass is 79.9. The quantitative estimate of drug-likeness (QED) is 0.590. The van der Waals surface area contributed by atoms with Gasteiger partial charge in [-0.1, -0.05) is 42.5 Å². The summed E-state index contributed by atoms with van der Waals surface area (Å²) in [6, 6.07) is 15.8. The van der Waals surface area contributed by atoms with Crippen LogP contribution in [0.25, 0.3) is 10.8 Å². The predicted octanol–water partition coefficient (Wildman–Crippen LogP) is 5.20. The van der Waals surface area contributed by atoms with E-state index >= 15 is 0 Å². The number of fused-ring (bicyclic) bond motifs is 1. The highest BCUT2D eigenvalue weighted by Crippen LogP contribution is 2.29. The van der Waals surface area contributed by atoms with E-state index in [1.807, 2.05) is 55.5 Å². The minimum atomic E-state index is 0.0931. The van der Waals surface area contributed by atoms with E-state index in [0.29, 0.717) is 0 Å². The lowest BCUT2D eigenvalue weighted by Crippen LogP contribution is -1.99. The first-order valence-electron chi connectivity index (χ1n) is 5.95. The van der Waals surface area contributed by atoms with E-state index < -0.39 is 0 Å². The van der Waals surface area contributed by atoms with Crippen molar-refractivity contribution in [2.75, 3.05) is 0 Å². The average molecular weight is 331 g/mol. The Labute approximate surface area is 124 Å². The molecule has 0 spiro atoms. The van der Waals surface area contributed by atoms with Crippen LogP contribution < -0.4 is 0 Å². The first-order valence-corrected chi connectivity index (χ1v) is 7.56. The Bertz CT molecular complexity index is 749. The molecule has 1 heterocycles. The molecule has 1 aromatic heterocycles. The van der Waals surface area contributed by atoms with Gasteiger partial charge in [-0.25, -0.2) is 0 Å². The number of carbonyl (C=O) groups excluding carboxylic acids is 1. The molecule has 0 saturated carbocycles. The average Bonchev–Trinajstić information content (AvgIpc) is 2.77. The zero-order chi connectivity index (χ0) is 13.4. The van der Waals surface area contributed by atoms with Gasteiger partial charge >= 0.3 is 0 Å². The van der Waals surface area contributed by atoms with E-state index in [9.17, 15) is 4.79 Å². The molecule has 0 N–H and O–H groups in total. The standard InChI is InChI=1S/C16H11BrOS/c1-10-14(17)9-15(19-10)16(18)13-8-4-6-11-5-2-3-7-12(11)13/h2-9H,1H3. The minimum absolute atomic E-state index is 0.0931. The second-order valence-corrected chi connectivity index (χ2v) is 6.48. The van der Waals surface area contributed by atoms with Crippen LogP contribution in [-0.2, 0) is 0 Å². The summed E-state index contributed by atoms with van der Waals surface area (Å²) >= 11 is 4.99. The Morgan fingerprint density at radius 3 is 2.58 bits per heavy atom. The minimum Gasteiger partial charge on any atom is -0.288 e. The van der Waals surface area contributed by atoms with Crippen LogP contribution in [0.1, 0.15) is 20.1 Å². The van der Waals surface area contributed by atoms with Crippen molar-refractivity contribution in [1.82, 2.24) is 0 Å². The van der Waals surface area contributed by atoms with Gasteiger partial charge in [0.25, 0.3) is 0 Å². The molecular formula is C16H11BrOS. The van der Waals surface area contributed by atoms with Crippen molar-refractivity contribution in [3.8, 4) is 0 Å². The van der Waals surface area contributed by atoms with Crippen molar-refractivity contribution in [3.05, 3.63) is 68.3 Å². The molecule has 0 unspecified atom stereocenters. The van der Waals surface area contributed by atoms with Crippen LogP contribution in [0.3, 0.4) is 0 Å². The maximum Gasteiger partial charge on any atom is 0.203 e. The molecule has 0 aliphatic rings. The number of rotatable bonds is 2. The van der Waals surface area contributed by atoms with Crippen LogP contribution in [0.4, 0.5) is 0 Å². The van der Waals surface area contributed by atoms with Crippen molar-refractivity contribution in [2.24, 2.45) is 0 Å². The number of benzene rings is 2. The van der Waals surface area contributed by atoms with Gasteiger partial charge in [-0.2, -0.15) is 0 Å². The number of thiophene rings is 1. The van der Waals surface area contributed by atoms with Gasteiger partial charge in [0.15, 0.2) is 0 Å². The fraction of sp³-hybridized carbons (Fsp3) is 0.0625. The van der Waals surface area contributed by atoms with Gasteiger partial charge in [-0.3, -0.25) is 4.79 Å². The lowest BCUT2D eigenvalue weighted by Gasteiger charge is -2.04. The van der Waals surface area contributed by atoms with Gasteiger partial charge in [0.2, 0.25) is 5.78 Å². The zero-order valence-electron chi connectivity index (χ0n) is 10.3. The third-order valence-electron chi connectivity index (χ3n) is 3.12. The molecule has 0 amide bonds. The summed E-state index contributed by atoms with van der Waals surface area (Å²) in [7, 11) is 0. The molecule has 0 aliphatic heterocycles. The normalized spacial score (nSPS) is 10.8. The van der Waals surface area contributed by atoms with Crippen LogP contribution in [0.5, 0.6) is 0 Å². The Kier molecular flexibility index (Phi) is 3.25. The number of aryl methyl sites for hydroxylation is 1. The Hall–Kier alpha value is -1.45. The van der Waals surface area contributed by atoms with Gasteiger partial charge in [0.1, 0.15) is 0 Å². The van der Waals surface area contributed by atoms with Crippen LogP contribution in [0.15, 0.2) is 53.0 Å². The summed E-state index contributed by atoms with van der Waals surface area (Å²) in [6.07, 6.45) is 0. The van der Waals surface area contributed by atoms with E-state index in [-0.39, 0.29) is 5.78 Å². The van der Waals surface area contributed by atoms with Gasteiger partial charge in [0, 0.05) is 14.9 Å². The molecule has 0 atom stereocenters. The molecule has 0 fully saturated rings. The predicted molar refractivity (Wildman–Crippen MR) is 84.1 cm³/mol. The molecule has 0 aliphatic carbocycles. The van der Waals surface area contributed by atoms with Crippen LogP contribution in [0.2, 0.25) is 0 Å². The molecule has 94 valence electrons. The molecular weight excluding hydrogens is 320 g/mol. The second kappa shape index (κ2) is 4.91. The van der Waals surface area contributed by atoms with Crippen molar-refractivity contribution in [1.29, 1.82) is 0 Å². The third kappa shape index (κ3) is 2.24.